The van der Waals surface area contributed by atoms with Crippen LogP contribution in [0.5, 0.6) is 5.75 Å². The first kappa shape index (κ1) is 22.9. The summed E-state index contributed by atoms with van der Waals surface area (Å²) in [6.45, 7) is 3.83. The minimum Gasteiger partial charge on any atom is -0.490 e. The Kier molecular flexibility index (Phi) is 6.21. The third-order valence-corrected chi connectivity index (χ3v) is 7.45. The first-order chi connectivity index (χ1) is 15.8. The fourth-order valence-electron chi connectivity index (χ4n) is 4.03. The predicted octanol–water partition coefficient (Wildman–Crippen LogP) is 3.83. The average molecular weight is 467 g/mol. The molecule has 1 heterocycles. The van der Waals surface area contributed by atoms with Crippen LogP contribution in [-0.4, -0.2) is 31.7 Å². The molecule has 7 nitrogen and oxygen atoms in total. The number of benzene rings is 2. The Hall–Kier alpha value is -3.26. The molecule has 0 unspecified atom stereocenters. The van der Waals surface area contributed by atoms with Crippen molar-refractivity contribution >= 4 is 33.1 Å². The molecular formula is C25H26N2O5S. The maximum Gasteiger partial charge on any atom is 0.264 e. The predicted molar refractivity (Wildman–Crippen MR) is 125 cm³/mol. The molecule has 8 heteroatoms. The van der Waals surface area contributed by atoms with Gasteiger partial charge < -0.3 is 9.53 Å². The number of hydrogen-bond acceptors (Lipinski definition) is 6. The molecule has 3 aromatic rings. The van der Waals surface area contributed by atoms with Crippen molar-refractivity contribution in [1.29, 1.82) is 0 Å². The summed E-state index contributed by atoms with van der Waals surface area (Å²) in [4.78, 5) is 28.6. The molecule has 1 saturated carbocycles. The van der Waals surface area contributed by atoms with Crippen LogP contribution in [0, 0.1) is 6.92 Å². The highest BCUT2D eigenvalue weighted by Gasteiger charge is 2.54. The number of nitrogens with zero attached hydrogens (tertiary/aromatic N) is 1. The van der Waals surface area contributed by atoms with Crippen molar-refractivity contribution in [3.05, 3.63) is 65.9 Å². The van der Waals surface area contributed by atoms with Gasteiger partial charge in [-0.2, -0.15) is 0 Å². The van der Waals surface area contributed by atoms with Gasteiger partial charge in [-0.25, -0.2) is 13.1 Å². The maximum absolute atomic E-state index is 13.4. The number of amides is 1. The van der Waals surface area contributed by atoms with Crippen molar-refractivity contribution in [3.8, 4) is 5.75 Å². The number of carbonyl (C=O) groups is 2. The number of aryl methyl sites for hydroxylation is 1. The molecule has 2 aromatic carbocycles. The number of pyridine rings is 1. The molecule has 0 radical (unpaired) electrons. The van der Waals surface area contributed by atoms with Gasteiger partial charge in [-0.05, 0) is 56.5 Å². The lowest BCUT2D eigenvalue weighted by molar-refractivity contribution is -0.121. The lowest BCUT2D eigenvalue weighted by atomic mass is 9.92. The van der Waals surface area contributed by atoms with Gasteiger partial charge in [0.15, 0.2) is 0 Å². The van der Waals surface area contributed by atoms with Gasteiger partial charge in [-0.1, -0.05) is 30.7 Å². The fraction of sp³-hybridized carbons (Fsp3) is 0.320. The summed E-state index contributed by atoms with van der Waals surface area (Å²) in [6, 6.07) is 13.6. The zero-order chi connectivity index (χ0) is 23.6. The maximum atomic E-state index is 13.4. The first-order valence-electron chi connectivity index (χ1n) is 10.9. The number of aromatic nitrogens is 1. The van der Waals surface area contributed by atoms with Crippen molar-refractivity contribution in [1.82, 2.24) is 9.71 Å². The SMILES string of the molecule is CC[C@H](CC=O)Oc1ccc(C)cc1C1(C(=O)NS(=O)(=O)c2cccc3ncccc23)CC1. The second kappa shape index (κ2) is 8.94. The molecule has 0 spiro atoms. The normalized spacial score (nSPS) is 15.6. The molecule has 1 aromatic heterocycles. The van der Waals surface area contributed by atoms with Crippen LogP contribution in [0.4, 0.5) is 0 Å². The standard InChI is InChI=1S/C25H26N2O5S/c1-3-18(11-15-28)32-22-10-9-17(2)16-20(22)25(12-13-25)24(29)27-33(30,31)23-8-4-7-21-19(23)6-5-14-26-21/h4-10,14-16,18H,3,11-13H2,1-2H3,(H,27,29)/t18-/m1/s1. The molecule has 172 valence electrons. The molecule has 4 rings (SSSR count). The fourth-order valence-corrected chi connectivity index (χ4v) is 5.30. The van der Waals surface area contributed by atoms with Gasteiger partial charge in [0.25, 0.3) is 10.0 Å². The quantitative estimate of drug-likeness (QED) is 0.481. The highest BCUT2D eigenvalue weighted by molar-refractivity contribution is 7.90. The van der Waals surface area contributed by atoms with E-state index in [0.29, 0.717) is 41.5 Å². The number of sulfonamides is 1. The van der Waals surface area contributed by atoms with Crippen LogP contribution in [0.2, 0.25) is 0 Å². The van der Waals surface area contributed by atoms with Crippen LogP contribution in [0.15, 0.2) is 59.6 Å². The lowest BCUT2D eigenvalue weighted by Gasteiger charge is -2.23. The van der Waals surface area contributed by atoms with E-state index in [0.717, 1.165) is 11.8 Å². The molecule has 0 saturated heterocycles. The second-order valence-electron chi connectivity index (χ2n) is 8.39. The van der Waals surface area contributed by atoms with Gasteiger partial charge in [0, 0.05) is 23.6 Å². The molecular weight excluding hydrogens is 440 g/mol. The number of fused-ring (bicyclic) bond motifs is 1. The van der Waals surface area contributed by atoms with E-state index in [1.807, 2.05) is 26.0 Å². The zero-order valence-electron chi connectivity index (χ0n) is 18.6. The summed E-state index contributed by atoms with van der Waals surface area (Å²) in [6.07, 6.45) is 3.99. The van der Waals surface area contributed by atoms with E-state index in [2.05, 4.69) is 9.71 Å². The van der Waals surface area contributed by atoms with Crippen molar-refractivity contribution in [2.45, 2.75) is 55.9 Å². The van der Waals surface area contributed by atoms with Gasteiger partial charge in [0.05, 0.1) is 15.8 Å². The van der Waals surface area contributed by atoms with E-state index < -0.39 is 21.3 Å². The van der Waals surface area contributed by atoms with Gasteiger partial charge in [-0.3, -0.25) is 9.78 Å². The Balaban J connectivity index is 1.67. The Morgan fingerprint density at radius 3 is 2.70 bits per heavy atom. The molecule has 0 bridgehead atoms. The topological polar surface area (TPSA) is 102 Å². The van der Waals surface area contributed by atoms with Crippen LogP contribution < -0.4 is 9.46 Å². The summed E-state index contributed by atoms with van der Waals surface area (Å²) in [5.41, 5.74) is 1.13. The van der Waals surface area contributed by atoms with Crippen LogP contribution in [0.25, 0.3) is 10.9 Å². The van der Waals surface area contributed by atoms with E-state index >= 15 is 0 Å². The number of carbonyl (C=O) groups excluding carboxylic acids is 2. The van der Waals surface area contributed by atoms with E-state index in [-0.39, 0.29) is 17.4 Å². The first-order valence-corrected chi connectivity index (χ1v) is 12.4. The molecule has 1 aliphatic carbocycles. The van der Waals surface area contributed by atoms with E-state index in [1.165, 1.54) is 6.07 Å². The average Bonchev–Trinajstić information content (AvgIpc) is 3.61. The number of rotatable bonds is 9. The van der Waals surface area contributed by atoms with Crippen LogP contribution >= 0.6 is 0 Å². The summed E-state index contributed by atoms with van der Waals surface area (Å²) < 4.78 is 34.8. The van der Waals surface area contributed by atoms with Crippen molar-refractivity contribution in [2.75, 3.05) is 0 Å². The van der Waals surface area contributed by atoms with Gasteiger partial charge in [-0.15, -0.1) is 0 Å². The Labute approximate surface area is 193 Å². The summed E-state index contributed by atoms with van der Waals surface area (Å²) in [7, 11) is -4.12. The summed E-state index contributed by atoms with van der Waals surface area (Å²) in [5.74, 6) is -0.0732. The smallest absolute Gasteiger partial charge is 0.264 e. The van der Waals surface area contributed by atoms with Crippen molar-refractivity contribution in [3.63, 3.8) is 0 Å². The number of aldehydes is 1. The lowest BCUT2D eigenvalue weighted by Crippen LogP contribution is -2.39. The zero-order valence-corrected chi connectivity index (χ0v) is 19.4. The third-order valence-electron chi connectivity index (χ3n) is 6.07. The Morgan fingerprint density at radius 2 is 2.00 bits per heavy atom. The van der Waals surface area contributed by atoms with Crippen LogP contribution in [-0.2, 0) is 25.0 Å². The van der Waals surface area contributed by atoms with Gasteiger partial charge >= 0.3 is 0 Å². The molecule has 1 aliphatic rings. The van der Waals surface area contributed by atoms with Gasteiger partial charge in [0.1, 0.15) is 18.1 Å². The highest BCUT2D eigenvalue weighted by atomic mass is 32.2. The molecule has 1 amide bonds. The molecule has 1 N–H and O–H groups in total. The van der Waals surface area contributed by atoms with Crippen LogP contribution in [0.1, 0.15) is 43.7 Å². The second-order valence-corrected chi connectivity index (χ2v) is 10.0. The summed E-state index contributed by atoms with van der Waals surface area (Å²) in [5, 5.41) is 0.448. The largest absolute Gasteiger partial charge is 0.490 e. The molecule has 1 fully saturated rings. The number of hydrogen-bond donors (Lipinski definition) is 1. The van der Waals surface area contributed by atoms with Crippen LogP contribution in [0.3, 0.4) is 0 Å². The number of ether oxygens (including phenoxy) is 1. The van der Waals surface area contributed by atoms with Gasteiger partial charge in [0.2, 0.25) is 5.91 Å². The van der Waals surface area contributed by atoms with E-state index in [9.17, 15) is 18.0 Å². The molecule has 0 aliphatic heterocycles. The molecule has 1 atom stereocenters. The number of nitrogens with one attached hydrogen (secondary N) is 1. The Bertz CT molecular complexity index is 1310. The van der Waals surface area contributed by atoms with Crippen molar-refractivity contribution < 1.29 is 22.7 Å². The van der Waals surface area contributed by atoms with E-state index in [4.69, 9.17) is 4.74 Å². The van der Waals surface area contributed by atoms with Crippen molar-refractivity contribution in [2.24, 2.45) is 0 Å². The minimum atomic E-state index is -4.12. The highest BCUT2D eigenvalue weighted by Crippen LogP contribution is 2.52. The molecule has 33 heavy (non-hydrogen) atoms. The van der Waals surface area contributed by atoms with E-state index in [1.54, 1.807) is 36.5 Å². The third kappa shape index (κ3) is 4.48. The monoisotopic (exact) mass is 466 g/mol. The minimum absolute atomic E-state index is 0.00926. The Morgan fingerprint density at radius 1 is 1.21 bits per heavy atom. The summed E-state index contributed by atoms with van der Waals surface area (Å²) >= 11 is 0.